The SMILES string of the molecule is CC/C=C\C/C=C\C/C=C\C/C=C\C/C=C\CCCCCCCCCCCCCCCC(=O)NC(COC1OC(CO)C(OC2OC(CO)C(O)C(O)C2O)C(O)C1O)C(O)/C=C/CCCCCCCC. The molecular formula is C57H99NO13. The maximum atomic E-state index is 13.2. The zero-order valence-corrected chi connectivity index (χ0v) is 43.7. The Hall–Kier alpha value is -2.57. The smallest absolute Gasteiger partial charge is 0.220 e. The summed E-state index contributed by atoms with van der Waals surface area (Å²) in [5, 5.41) is 86.6. The summed E-state index contributed by atoms with van der Waals surface area (Å²) in [6, 6.07) is -0.915. The molecule has 2 saturated heterocycles. The predicted molar refractivity (Wildman–Crippen MR) is 281 cm³/mol. The number of hydrogen-bond donors (Lipinski definition) is 9. The van der Waals surface area contributed by atoms with Gasteiger partial charge in [0.1, 0.15) is 48.8 Å². The molecule has 0 bridgehead atoms. The van der Waals surface area contributed by atoms with Crippen molar-refractivity contribution in [3.05, 3.63) is 72.9 Å². The second-order valence-electron chi connectivity index (χ2n) is 19.3. The number of carbonyl (C=O) groups is 1. The van der Waals surface area contributed by atoms with Crippen LogP contribution < -0.4 is 5.32 Å². The van der Waals surface area contributed by atoms with E-state index < -0.39 is 86.8 Å². The number of carbonyl (C=O) groups excluding carboxylic acids is 1. The van der Waals surface area contributed by atoms with E-state index in [0.717, 1.165) is 83.5 Å². The van der Waals surface area contributed by atoms with Crippen molar-refractivity contribution in [1.82, 2.24) is 5.32 Å². The molecule has 2 aliphatic rings. The second-order valence-corrected chi connectivity index (χ2v) is 19.3. The minimum Gasteiger partial charge on any atom is -0.394 e. The van der Waals surface area contributed by atoms with Crippen molar-refractivity contribution in [3.63, 3.8) is 0 Å². The number of hydrogen-bond acceptors (Lipinski definition) is 13. The molecular weight excluding hydrogens is 907 g/mol. The Morgan fingerprint density at radius 1 is 0.521 bits per heavy atom. The minimum atomic E-state index is -1.79. The number of amides is 1. The first-order chi connectivity index (χ1) is 34.6. The largest absolute Gasteiger partial charge is 0.394 e. The third kappa shape index (κ3) is 29.2. The predicted octanol–water partition coefficient (Wildman–Crippen LogP) is 8.38. The van der Waals surface area contributed by atoms with Crippen LogP contribution in [0.15, 0.2) is 72.9 Å². The number of aliphatic hydroxyl groups is 8. The van der Waals surface area contributed by atoms with Crippen molar-refractivity contribution in [3.8, 4) is 0 Å². The molecule has 0 saturated carbocycles. The molecule has 0 aromatic rings. The fourth-order valence-corrected chi connectivity index (χ4v) is 8.67. The zero-order chi connectivity index (χ0) is 51.7. The maximum absolute atomic E-state index is 13.2. The van der Waals surface area contributed by atoms with Gasteiger partial charge in [0.15, 0.2) is 12.6 Å². The van der Waals surface area contributed by atoms with Crippen LogP contribution in [0.1, 0.15) is 187 Å². The standard InChI is InChI=1S/C57H99NO13/c1-3-5-7-9-11-13-14-15-16-17-18-19-20-21-22-23-24-25-26-27-28-29-30-31-32-33-35-37-39-41-49(62)58-45(46(61)40-38-36-34-12-10-8-6-4-2)44-68-56-54(67)52(65)55(48(43-60)70-56)71-57-53(66)51(64)50(63)47(42-59)69-57/h5,7,11,13,15-16,18-19,21-22,38,40,45-48,50-57,59-61,63-67H,3-4,6,8-10,12,14,17,20,23-37,39,41-44H2,1-2H3,(H,58,62)/b7-5-,13-11-,16-15-,19-18-,22-21-,40-38+. The number of aliphatic hydroxyl groups excluding tert-OH is 8. The van der Waals surface area contributed by atoms with Gasteiger partial charge in [-0.3, -0.25) is 4.79 Å². The highest BCUT2D eigenvalue weighted by atomic mass is 16.7. The van der Waals surface area contributed by atoms with E-state index in [1.807, 2.05) is 6.08 Å². The molecule has 0 aromatic carbocycles. The molecule has 2 rings (SSSR count). The summed E-state index contributed by atoms with van der Waals surface area (Å²) in [5.41, 5.74) is 0. The maximum Gasteiger partial charge on any atom is 0.220 e. The summed E-state index contributed by atoms with van der Waals surface area (Å²) >= 11 is 0. The number of rotatable bonds is 42. The van der Waals surface area contributed by atoms with Gasteiger partial charge < -0.3 is 65.1 Å². The van der Waals surface area contributed by atoms with Crippen molar-refractivity contribution in [2.45, 2.75) is 261 Å². The van der Waals surface area contributed by atoms with Gasteiger partial charge in [0, 0.05) is 6.42 Å². The van der Waals surface area contributed by atoms with E-state index in [9.17, 15) is 45.6 Å². The van der Waals surface area contributed by atoms with E-state index in [0.29, 0.717) is 6.42 Å². The molecule has 14 heteroatoms. The minimum absolute atomic E-state index is 0.248. The summed E-state index contributed by atoms with van der Waals surface area (Å²) in [6.45, 7) is 2.61. The average molecular weight is 1010 g/mol. The Bertz CT molecular complexity index is 1470. The van der Waals surface area contributed by atoms with Crippen LogP contribution in [-0.2, 0) is 23.7 Å². The van der Waals surface area contributed by atoms with Gasteiger partial charge in [0.05, 0.1) is 32.0 Å². The third-order valence-electron chi connectivity index (χ3n) is 13.1. The molecule has 0 aliphatic carbocycles. The first kappa shape index (κ1) is 64.5. The quantitative estimate of drug-likeness (QED) is 0.0207. The second kappa shape index (κ2) is 42.8. The third-order valence-corrected chi connectivity index (χ3v) is 13.1. The van der Waals surface area contributed by atoms with Crippen LogP contribution in [0.5, 0.6) is 0 Å². The van der Waals surface area contributed by atoms with Crippen molar-refractivity contribution in [1.29, 1.82) is 0 Å². The van der Waals surface area contributed by atoms with E-state index in [2.05, 4.69) is 79.9 Å². The zero-order valence-electron chi connectivity index (χ0n) is 43.7. The summed E-state index contributed by atoms with van der Waals surface area (Å²) < 4.78 is 22.6. The Labute approximate surface area is 428 Å². The van der Waals surface area contributed by atoms with E-state index in [-0.39, 0.29) is 18.9 Å². The lowest BCUT2D eigenvalue weighted by molar-refractivity contribution is -0.359. The fourth-order valence-electron chi connectivity index (χ4n) is 8.67. The van der Waals surface area contributed by atoms with Crippen LogP contribution in [0.25, 0.3) is 0 Å². The fraction of sp³-hybridized carbons (Fsp3) is 0.772. The highest BCUT2D eigenvalue weighted by Gasteiger charge is 2.51. The molecule has 12 unspecified atom stereocenters. The van der Waals surface area contributed by atoms with Gasteiger partial charge in [-0.15, -0.1) is 0 Å². The molecule has 0 spiro atoms. The lowest BCUT2D eigenvalue weighted by Gasteiger charge is -2.46. The van der Waals surface area contributed by atoms with Crippen molar-refractivity contribution in [2.24, 2.45) is 0 Å². The van der Waals surface area contributed by atoms with Crippen LogP contribution in [0.2, 0.25) is 0 Å². The first-order valence-corrected chi connectivity index (χ1v) is 27.7. The average Bonchev–Trinajstić information content (AvgIpc) is 3.37. The van der Waals surface area contributed by atoms with E-state index in [4.69, 9.17) is 18.9 Å². The van der Waals surface area contributed by atoms with Gasteiger partial charge >= 0.3 is 0 Å². The number of nitrogens with one attached hydrogen (secondary N) is 1. The first-order valence-electron chi connectivity index (χ1n) is 27.7. The van der Waals surface area contributed by atoms with E-state index in [1.165, 1.54) is 77.0 Å². The Morgan fingerprint density at radius 2 is 0.972 bits per heavy atom. The van der Waals surface area contributed by atoms with Gasteiger partial charge in [-0.2, -0.15) is 0 Å². The number of ether oxygens (including phenoxy) is 4. The molecule has 2 heterocycles. The molecule has 0 aromatic heterocycles. The Kier molecular flexibility index (Phi) is 38.9. The van der Waals surface area contributed by atoms with Gasteiger partial charge in [-0.05, 0) is 64.2 Å². The molecule has 0 radical (unpaired) electrons. The summed E-state index contributed by atoms with van der Waals surface area (Å²) in [5.74, 6) is -0.248. The van der Waals surface area contributed by atoms with Crippen LogP contribution in [0.3, 0.4) is 0 Å². The van der Waals surface area contributed by atoms with Crippen molar-refractivity contribution in [2.75, 3.05) is 19.8 Å². The molecule has 1 amide bonds. The summed E-state index contributed by atoms with van der Waals surface area (Å²) in [6.07, 6.45) is 38.3. The van der Waals surface area contributed by atoms with Crippen molar-refractivity contribution >= 4 is 5.91 Å². The highest BCUT2D eigenvalue weighted by Crippen LogP contribution is 2.30. The van der Waals surface area contributed by atoms with Gasteiger partial charge in [-0.1, -0.05) is 189 Å². The molecule has 12 atom stereocenters. The highest BCUT2D eigenvalue weighted by molar-refractivity contribution is 5.76. The van der Waals surface area contributed by atoms with E-state index in [1.54, 1.807) is 6.08 Å². The number of allylic oxidation sites excluding steroid dienone is 11. The van der Waals surface area contributed by atoms with Crippen LogP contribution in [0, 0.1) is 0 Å². The molecule has 71 heavy (non-hydrogen) atoms. The molecule has 14 nitrogen and oxygen atoms in total. The van der Waals surface area contributed by atoms with Gasteiger partial charge in [0.2, 0.25) is 5.91 Å². The summed E-state index contributed by atoms with van der Waals surface area (Å²) in [4.78, 5) is 13.2. The lowest BCUT2D eigenvalue weighted by atomic mass is 9.97. The van der Waals surface area contributed by atoms with Gasteiger partial charge in [-0.25, -0.2) is 0 Å². The van der Waals surface area contributed by atoms with Crippen molar-refractivity contribution < 1.29 is 64.6 Å². The number of unbranched alkanes of at least 4 members (excludes halogenated alkanes) is 19. The molecule has 9 N–H and O–H groups in total. The van der Waals surface area contributed by atoms with Crippen LogP contribution >= 0.6 is 0 Å². The topological polar surface area (TPSA) is 228 Å². The van der Waals surface area contributed by atoms with Crippen LogP contribution in [0.4, 0.5) is 0 Å². The molecule has 2 aliphatic heterocycles. The van der Waals surface area contributed by atoms with E-state index >= 15 is 0 Å². The lowest BCUT2D eigenvalue weighted by Crippen LogP contribution is -2.65. The molecule has 2 fully saturated rings. The normalized spacial score (nSPS) is 26.3. The molecule has 410 valence electrons. The Balaban J connectivity index is 1.66. The Morgan fingerprint density at radius 3 is 1.49 bits per heavy atom. The van der Waals surface area contributed by atoms with Gasteiger partial charge in [0.25, 0.3) is 0 Å². The summed E-state index contributed by atoms with van der Waals surface area (Å²) in [7, 11) is 0. The van der Waals surface area contributed by atoms with Crippen LogP contribution in [-0.4, -0.2) is 140 Å². The monoisotopic (exact) mass is 1010 g/mol.